The first-order chi connectivity index (χ1) is 12.3. The third kappa shape index (κ3) is 4.66. The number of morpholine rings is 1. The van der Waals surface area contributed by atoms with E-state index < -0.39 is 0 Å². The van der Waals surface area contributed by atoms with Gasteiger partial charge in [-0.15, -0.1) is 0 Å². The van der Waals surface area contributed by atoms with E-state index in [0.717, 1.165) is 17.1 Å². The molecule has 0 unspecified atom stereocenters. The minimum Gasteiger partial charge on any atom is -0.349 e. The topological polar surface area (TPSA) is 30.5 Å². The van der Waals surface area contributed by atoms with E-state index in [9.17, 15) is 0 Å². The molecule has 1 saturated heterocycles. The lowest BCUT2D eigenvalue weighted by molar-refractivity contribution is -0.200. The normalized spacial score (nSPS) is 22.2. The second-order valence-corrected chi connectivity index (χ2v) is 8.32. The van der Waals surface area contributed by atoms with Gasteiger partial charge in [0, 0.05) is 11.6 Å². The predicted octanol–water partition coefficient (Wildman–Crippen LogP) is 5.40. The van der Waals surface area contributed by atoms with E-state index in [1.165, 1.54) is 11.1 Å². The summed E-state index contributed by atoms with van der Waals surface area (Å²) in [6, 6.07) is 16.5. The van der Waals surface area contributed by atoms with Gasteiger partial charge in [-0.3, -0.25) is 0 Å². The van der Waals surface area contributed by atoms with Gasteiger partial charge in [0.15, 0.2) is 6.29 Å². The summed E-state index contributed by atoms with van der Waals surface area (Å²) in [5, 5.41) is 4.25. The SMILES string of the molecule is C[C@@H](O[C@H]1OCCN[C@H]1c1ccccc1)c1cc(Cl)cc(C(C)(C)C)c1. The molecule has 3 atom stereocenters. The molecule has 26 heavy (non-hydrogen) atoms. The van der Waals surface area contributed by atoms with Crippen molar-refractivity contribution in [3.05, 3.63) is 70.2 Å². The van der Waals surface area contributed by atoms with Crippen molar-refractivity contribution in [2.75, 3.05) is 13.2 Å². The van der Waals surface area contributed by atoms with Crippen LogP contribution in [0.3, 0.4) is 0 Å². The van der Waals surface area contributed by atoms with Gasteiger partial charge in [0.1, 0.15) is 0 Å². The number of halogens is 1. The molecule has 0 amide bonds. The minimum atomic E-state index is -0.335. The molecule has 4 heteroatoms. The summed E-state index contributed by atoms with van der Waals surface area (Å²) in [7, 11) is 0. The van der Waals surface area contributed by atoms with Crippen molar-refractivity contribution in [3.63, 3.8) is 0 Å². The quantitative estimate of drug-likeness (QED) is 0.778. The van der Waals surface area contributed by atoms with E-state index in [-0.39, 0.29) is 23.9 Å². The highest BCUT2D eigenvalue weighted by atomic mass is 35.5. The fraction of sp³-hybridized carbons (Fsp3) is 0.455. The molecule has 140 valence electrons. The van der Waals surface area contributed by atoms with Gasteiger partial charge in [0.2, 0.25) is 0 Å². The van der Waals surface area contributed by atoms with Crippen LogP contribution in [0, 0.1) is 0 Å². The number of rotatable bonds is 4. The molecule has 3 nitrogen and oxygen atoms in total. The first kappa shape index (κ1) is 19.4. The van der Waals surface area contributed by atoms with Gasteiger partial charge in [-0.25, -0.2) is 0 Å². The van der Waals surface area contributed by atoms with Crippen LogP contribution < -0.4 is 5.32 Å². The van der Waals surface area contributed by atoms with Crippen molar-refractivity contribution in [2.45, 2.75) is 51.5 Å². The Balaban J connectivity index is 1.80. The van der Waals surface area contributed by atoms with Crippen LogP contribution in [-0.4, -0.2) is 19.4 Å². The van der Waals surface area contributed by atoms with Crippen LogP contribution in [0.1, 0.15) is 56.5 Å². The molecule has 0 saturated carbocycles. The number of hydrogen-bond donors (Lipinski definition) is 1. The average Bonchev–Trinajstić information content (AvgIpc) is 2.61. The van der Waals surface area contributed by atoms with Crippen LogP contribution in [0.2, 0.25) is 5.02 Å². The second-order valence-electron chi connectivity index (χ2n) is 7.88. The Morgan fingerprint density at radius 1 is 1.15 bits per heavy atom. The Kier molecular flexibility index (Phi) is 6.03. The molecule has 3 rings (SSSR count). The van der Waals surface area contributed by atoms with Crippen LogP contribution in [-0.2, 0) is 14.9 Å². The predicted molar refractivity (Wildman–Crippen MR) is 107 cm³/mol. The summed E-state index contributed by atoms with van der Waals surface area (Å²) < 4.78 is 12.3. The van der Waals surface area contributed by atoms with Crippen molar-refractivity contribution in [1.29, 1.82) is 0 Å². The first-order valence-electron chi connectivity index (χ1n) is 9.21. The van der Waals surface area contributed by atoms with Gasteiger partial charge in [-0.05, 0) is 41.2 Å². The summed E-state index contributed by atoms with van der Waals surface area (Å²) in [4.78, 5) is 0. The minimum absolute atomic E-state index is 0.0219. The van der Waals surface area contributed by atoms with Gasteiger partial charge >= 0.3 is 0 Å². The standard InChI is InChI=1S/C22H28ClNO2/c1-15(17-12-18(22(2,3)4)14-19(23)13-17)26-21-20(24-10-11-25-21)16-8-6-5-7-9-16/h5-9,12-15,20-21,24H,10-11H2,1-4H3/t15-,20+,21-/m1/s1. The van der Waals surface area contributed by atoms with E-state index in [2.05, 4.69) is 51.2 Å². The molecule has 1 aliphatic rings. The summed E-state index contributed by atoms with van der Waals surface area (Å²) in [5.41, 5.74) is 3.49. The lowest BCUT2D eigenvalue weighted by Gasteiger charge is -2.35. The zero-order chi connectivity index (χ0) is 18.7. The largest absolute Gasteiger partial charge is 0.349 e. The molecular formula is C22H28ClNO2. The van der Waals surface area contributed by atoms with Gasteiger partial charge in [0.05, 0.1) is 18.8 Å². The summed E-state index contributed by atoms with van der Waals surface area (Å²) in [6.45, 7) is 10.1. The Morgan fingerprint density at radius 3 is 2.58 bits per heavy atom. The molecule has 0 spiro atoms. The van der Waals surface area contributed by atoms with Crippen molar-refractivity contribution in [2.24, 2.45) is 0 Å². The summed E-state index contributed by atoms with van der Waals surface area (Å²) >= 11 is 6.37. The summed E-state index contributed by atoms with van der Waals surface area (Å²) in [6.07, 6.45) is -0.455. The smallest absolute Gasteiger partial charge is 0.177 e. The maximum Gasteiger partial charge on any atom is 0.177 e. The molecule has 2 aromatic rings. The Hall–Kier alpha value is -1.39. The Labute approximate surface area is 161 Å². The summed E-state index contributed by atoms with van der Waals surface area (Å²) in [5.74, 6) is 0. The second kappa shape index (κ2) is 8.10. The highest BCUT2D eigenvalue weighted by molar-refractivity contribution is 6.30. The van der Waals surface area contributed by atoms with E-state index >= 15 is 0 Å². The zero-order valence-corrected chi connectivity index (χ0v) is 16.7. The number of hydrogen-bond acceptors (Lipinski definition) is 3. The molecule has 1 aliphatic heterocycles. The molecule has 1 heterocycles. The monoisotopic (exact) mass is 373 g/mol. The van der Waals surface area contributed by atoms with Gasteiger partial charge in [-0.1, -0.05) is 68.8 Å². The third-order valence-corrected chi connectivity index (χ3v) is 4.99. The third-order valence-electron chi connectivity index (χ3n) is 4.77. The molecular weight excluding hydrogens is 346 g/mol. The Morgan fingerprint density at radius 2 is 1.88 bits per heavy atom. The maximum atomic E-state index is 6.37. The van der Waals surface area contributed by atoms with Crippen molar-refractivity contribution in [3.8, 4) is 0 Å². The highest BCUT2D eigenvalue weighted by Crippen LogP contribution is 2.32. The lowest BCUT2D eigenvalue weighted by Crippen LogP contribution is -2.43. The average molecular weight is 374 g/mol. The number of benzene rings is 2. The van der Waals surface area contributed by atoms with Crippen molar-refractivity contribution in [1.82, 2.24) is 5.32 Å². The van der Waals surface area contributed by atoms with Crippen LogP contribution >= 0.6 is 11.6 Å². The van der Waals surface area contributed by atoms with E-state index in [1.54, 1.807) is 0 Å². The molecule has 2 aromatic carbocycles. The molecule has 0 bridgehead atoms. The van der Waals surface area contributed by atoms with Crippen LogP contribution in [0.4, 0.5) is 0 Å². The van der Waals surface area contributed by atoms with Crippen LogP contribution in [0.5, 0.6) is 0 Å². The van der Waals surface area contributed by atoms with Gasteiger partial charge in [0.25, 0.3) is 0 Å². The van der Waals surface area contributed by atoms with Crippen molar-refractivity contribution < 1.29 is 9.47 Å². The molecule has 1 fully saturated rings. The Bertz CT molecular complexity index is 727. The van der Waals surface area contributed by atoms with Crippen molar-refractivity contribution >= 4 is 11.6 Å². The van der Waals surface area contributed by atoms with Gasteiger partial charge in [-0.2, -0.15) is 0 Å². The van der Waals surface area contributed by atoms with Gasteiger partial charge < -0.3 is 14.8 Å². The number of nitrogens with one attached hydrogen (secondary N) is 1. The van der Waals surface area contributed by atoms with E-state index in [0.29, 0.717) is 6.61 Å². The molecule has 0 aromatic heterocycles. The highest BCUT2D eigenvalue weighted by Gasteiger charge is 2.30. The molecule has 0 aliphatic carbocycles. The fourth-order valence-electron chi connectivity index (χ4n) is 3.19. The van der Waals surface area contributed by atoms with Crippen LogP contribution in [0.25, 0.3) is 0 Å². The van der Waals surface area contributed by atoms with Crippen LogP contribution in [0.15, 0.2) is 48.5 Å². The first-order valence-corrected chi connectivity index (χ1v) is 9.59. The lowest BCUT2D eigenvalue weighted by atomic mass is 9.86. The maximum absolute atomic E-state index is 6.37. The number of ether oxygens (including phenoxy) is 2. The molecule has 1 N–H and O–H groups in total. The fourth-order valence-corrected chi connectivity index (χ4v) is 3.44. The van der Waals surface area contributed by atoms with E-state index in [4.69, 9.17) is 21.1 Å². The zero-order valence-electron chi connectivity index (χ0n) is 16.0. The van der Waals surface area contributed by atoms with E-state index in [1.807, 2.05) is 30.3 Å². The molecule has 0 radical (unpaired) electrons.